The van der Waals surface area contributed by atoms with Gasteiger partial charge in [-0.25, -0.2) is 0 Å². The molecule has 1 aromatic rings. The van der Waals surface area contributed by atoms with E-state index >= 15 is 0 Å². The van der Waals surface area contributed by atoms with E-state index in [0.29, 0.717) is 18.4 Å². The minimum atomic E-state index is -1.94. The maximum absolute atomic E-state index is 12.3. The fourth-order valence-electron chi connectivity index (χ4n) is 2.03. The molecule has 1 atom stereocenters. The Morgan fingerprint density at radius 1 is 1.21 bits per heavy atom. The molecule has 0 heterocycles. The van der Waals surface area contributed by atoms with Crippen molar-refractivity contribution in [3.63, 3.8) is 0 Å². The molecule has 1 fully saturated rings. The Hall–Kier alpha value is -2.66. The van der Waals surface area contributed by atoms with Gasteiger partial charge in [-0.2, -0.15) is 10.5 Å². The molecular formula is C14H11N3O2. The summed E-state index contributed by atoms with van der Waals surface area (Å²) in [5.74, 6) is -1.66. The van der Waals surface area contributed by atoms with Crippen molar-refractivity contribution in [2.24, 2.45) is 11.7 Å². The first-order valence-electron chi connectivity index (χ1n) is 5.82. The van der Waals surface area contributed by atoms with Gasteiger partial charge in [-0.15, -0.1) is 0 Å². The molecule has 1 amide bonds. The van der Waals surface area contributed by atoms with E-state index in [1.54, 1.807) is 6.07 Å². The highest BCUT2D eigenvalue weighted by molar-refractivity contribution is 6.15. The fourth-order valence-corrected chi connectivity index (χ4v) is 2.03. The van der Waals surface area contributed by atoms with Gasteiger partial charge in [0.1, 0.15) is 0 Å². The average Bonchev–Trinajstić information content (AvgIpc) is 3.24. The van der Waals surface area contributed by atoms with Crippen LogP contribution < -0.4 is 5.73 Å². The van der Waals surface area contributed by atoms with Gasteiger partial charge >= 0.3 is 0 Å². The highest BCUT2D eigenvalue weighted by Gasteiger charge is 2.52. The summed E-state index contributed by atoms with van der Waals surface area (Å²) in [6, 6.07) is 9.52. The predicted octanol–water partition coefficient (Wildman–Crippen LogP) is 0.784. The van der Waals surface area contributed by atoms with Gasteiger partial charge in [-0.3, -0.25) is 9.59 Å². The minimum Gasteiger partial charge on any atom is -0.368 e. The molecule has 94 valence electrons. The van der Waals surface area contributed by atoms with Crippen LogP contribution in [0.15, 0.2) is 24.3 Å². The monoisotopic (exact) mass is 253 g/mol. The van der Waals surface area contributed by atoms with Gasteiger partial charge in [0.25, 0.3) is 0 Å². The number of carbonyl (C=O) groups excluding carboxylic acids is 2. The summed E-state index contributed by atoms with van der Waals surface area (Å²) in [5, 5.41) is 18.1. The molecule has 1 aliphatic carbocycles. The third kappa shape index (κ3) is 1.96. The molecular weight excluding hydrogens is 242 g/mol. The van der Waals surface area contributed by atoms with Gasteiger partial charge in [0, 0.05) is 5.92 Å². The summed E-state index contributed by atoms with van der Waals surface area (Å²) >= 11 is 0. The van der Waals surface area contributed by atoms with Gasteiger partial charge in [0.15, 0.2) is 5.78 Å². The Kier molecular flexibility index (Phi) is 3.06. The van der Waals surface area contributed by atoms with E-state index in [1.165, 1.54) is 24.3 Å². The first-order valence-corrected chi connectivity index (χ1v) is 5.82. The maximum atomic E-state index is 12.3. The van der Waals surface area contributed by atoms with Gasteiger partial charge in [-0.1, -0.05) is 12.1 Å². The van der Waals surface area contributed by atoms with Crippen LogP contribution in [0.5, 0.6) is 0 Å². The number of nitriles is 2. The first kappa shape index (κ1) is 12.8. The van der Waals surface area contributed by atoms with E-state index in [-0.39, 0.29) is 11.5 Å². The standard InChI is InChI=1S/C14H11N3O2/c15-7-9-1-5-11(6-2-9)14(8-16,13(17)19)12(18)10-3-4-10/h1-2,5-6,10H,3-4H2,(H2,17,19). The van der Waals surface area contributed by atoms with Crippen molar-refractivity contribution in [2.75, 3.05) is 0 Å². The second-order valence-corrected chi connectivity index (χ2v) is 4.55. The Morgan fingerprint density at radius 3 is 2.16 bits per heavy atom. The summed E-state index contributed by atoms with van der Waals surface area (Å²) < 4.78 is 0. The minimum absolute atomic E-state index is 0.235. The quantitative estimate of drug-likeness (QED) is 0.800. The van der Waals surface area contributed by atoms with Crippen molar-refractivity contribution in [2.45, 2.75) is 18.3 Å². The zero-order valence-electron chi connectivity index (χ0n) is 10.1. The molecule has 1 aliphatic rings. The third-order valence-electron chi connectivity index (χ3n) is 3.30. The number of nitrogens with two attached hydrogens (primary N) is 1. The molecule has 0 saturated heterocycles. The largest absolute Gasteiger partial charge is 0.368 e. The summed E-state index contributed by atoms with van der Waals surface area (Å²) in [4.78, 5) is 24.0. The van der Waals surface area contributed by atoms with Crippen LogP contribution in [0.4, 0.5) is 0 Å². The summed E-state index contributed by atoms with van der Waals surface area (Å²) in [6.07, 6.45) is 1.37. The lowest BCUT2D eigenvalue weighted by Gasteiger charge is -2.22. The van der Waals surface area contributed by atoms with Crippen molar-refractivity contribution in [1.82, 2.24) is 0 Å². The number of nitrogens with zero attached hydrogens (tertiary/aromatic N) is 2. The topological polar surface area (TPSA) is 108 Å². The molecule has 0 aromatic heterocycles. The molecule has 5 nitrogen and oxygen atoms in total. The number of rotatable bonds is 4. The first-order chi connectivity index (χ1) is 9.06. The van der Waals surface area contributed by atoms with E-state index in [2.05, 4.69) is 0 Å². The smallest absolute Gasteiger partial charge is 0.250 e. The normalized spacial score (nSPS) is 16.7. The number of ketones is 1. The van der Waals surface area contributed by atoms with Crippen molar-refractivity contribution in [3.05, 3.63) is 35.4 Å². The number of amides is 1. The van der Waals surface area contributed by atoms with E-state index in [0.717, 1.165) is 0 Å². The molecule has 1 unspecified atom stereocenters. The van der Waals surface area contributed by atoms with Crippen LogP contribution in [0.3, 0.4) is 0 Å². The zero-order valence-corrected chi connectivity index (χ0v) is 10.1. The number of benzene rings is 1. The second kappa shape index (κ2) is 4.55. The highest BCUT2D eigenvalue weighted by atomic mass is 16.2. The Balaban J connectivity index is 2.54. The highest BCUT2D eigenvalue weighted by Crippen LogP contribution is 2.38. The van der Waals surface area contributed by atoms with Crippen molar-refractivity contribution in [1.29, 1.82) is 10.5 Å². The molecule has 2 N–H and O–H groups in total. The molecule has 19 heavy (non-hydrogen) atoms. The van der Waals surface area contributed by atoms with E-state index in [4.69, 9.17) is 11.0 Å². The summed E-state index contributed by atoms with van der Waals surface area (Å²) in [6.45, 7) is 0. The van der Waals surface area contributed by atoms with Crippen molar-refractivity contribution < 1.29 is 9.59 Å². The predicted molar refractivity (Wildman–Crippen MR) is 65.4 cm³/mol. The second-order valence-electron chi connectivity index (χ2n) is 4.55. The molecule has 5 heteroatoms. The molecule has 0 radical (unpaired) electrons. The average molecular weight is 253 g/mol. The number of Topliss-reactive ketones (excluding diaryl/α,β-unsaturated/α-hetero) is 1. The van der Waals surface area contributed by atoms with E-state index in [9.17, 15) is 14.9 Å². The summed E-state index contributed by atoms with van der Waals surface area (Å²) in [7, 11) is 0. The van der Waals surface area contributed by atoms with Crippen molar-refractivity contribution >= 4 is 11.7 Å². The maximum Gasteiger partial charge on any atom is 0.250 e. The van der Waals surface area contributed by atoms with Crippen LogP contribution in [0.2, 0.25) is 0 Å². The molecule has 0 aliphatic heterocycles. The molecule has 0 spiro atoms. The molecule has 1 aromatic carbocycles. The van der Waals surface area contributed by atoms with Crippen LogP contribution in [-0.4, -0.2) is 11.7 Å². The molecule has 0 bridgehead atoms. The molecule has 2 rings (SSSR count). The zero-order chi connectivity index (χ0) is 14.0. The van der Waals surface area contributed by atoms with Crippen LogP contribution in [-0.2, 0) is 15.0 Å². The van der Waals surface area contributed by atoms with Crippen LogP contribution >= 0.6 is 0 Å². The SMILES string of the molecule is N#Cc1ccc(C(C#N)(C(N)=O)C(=O)C2CC2)cc1. The van der Waals surface area contributed by atoms with Gasteiger partial charge in [-0.05, 0) is 30.5 Å². The Morgan fingerprint density at radius 2 is 1.79 bits per heavy atom. The van der Waals surface area contributed by atoms with Gasteiger partial charge in [0.05, 0.1) is 17.7 Å². The number of hydrogen-bond donors (Lipinski definition) is 1. The lowest BCUT2D eigenvalue weighted by atomic mass is 9.75. The van der Waals surface area contributed by atoms with Crippen LogP contribution in [0.25, 0.3) is 0 Å². The lowest BCUT2D eigenvalue weighted by Crippen LogP contribution is -2.47. The van der Waals surface area contributed by atoms with Crippen LogP contribution in [0, 0.1) is 28.6 Å². The van der Waals surface area contributed by atoms with E-state index < -0.39 is 17.1 Å². The molecule has 1 saturated carbocycles. The van der Waals surface area contributed by atoms with Crippen molar-refractivity contribution in [3.8, 4) is 12.1 Å². The number of carbonyl (C=O) groups is 2. The van der Waals surface area contributed by atoms with Crippen LogP contribution in [0.1, 0.15) is 24.0 Å². The number of primary amides is 1. The van der Waals surface area contributed by atoms with E-state index in [1.807, 2.05) is 6.07 Å². The lowest BCUT2D eigenvalue weighted by molar-refractivity contribution is -0.132. The summed E-state index contributed by atoms with van der Waals surface area (Å²) in [5.41, 5.74) is 3.99. The van der Waals surface area contributed by atoms with Gasteiger partial charge < -0.3 is 5.73 Å². The third-order valence-corrected chi connectivity index (χ3v) is 3.30. The number of hydrogen-bond acceptors (Lipinski definition) is 4. The fraction of sp³-hybridized carbons (Fsp3) is 0.286. The van der Waals surface area contributed by atoms with Gasteiger partial charge in [0.2, 0.25) is 11.3 Å². The Labute approximate surface area is 110 Å². The Bertz CT molecular complexity index is 618.